The van der Waals surface area contributed by atoms with Gasteiger partial charge < -0.3 is 10.0 Å². The molecule has 0 amide bonds. The first-order chi connectivity index (χ1) is 5.07. The molecule has 0 rings (SSSR count). The molecular formula is C9H21NO. The molecule has 0 aliphatic rings. The van der Waals surface area contributed by atoms with E-state index in [-0.39, 0.29) is 6.10 Å². The third-order valence-corrected chi connectivity index (χ3v) is 2.17. The van der Waals surface area contributed by atoms with Gasteiger partial charge in [-0.3, -0.25) is 0 Å². The lowest BCUT2D eigenvalue weighted by Gasteiger charge is -2.18. The van der Waals surface area contributed by atoms with Gasteiger partial charge >= 0.3 is 0 Å². The van der Waals surface area contributed by atoms with Crippen LogP contribution in [0.15, 0.2) is 0 Å². The third-order valence-electron chi connectivity index (χ3n) is 2.17. The maximum atomic E-state index is 9.54. The number of rotatable bonds is 5. The van der Waals surface area contributed by atoms with E-state index in [1.807, 2.05) is 14.1 Å². The molecule has 0 saturated heterocycles. The highest BCUT2D eigenvalue weighted by Gasteiger charge is 2.11. The molecule has 0 saturated carbocycles. The number of aliphatic hydroxyl groups excluding tert-OH is 1. The zero-order valence-electron chi connectivity index (χ0n) is 8.17. The highest BCUT2D eigenvalue weighted by Crippen LogP contribution is 2.10. The van der Waals surface area contributed by atoms with Crippen molar-refractivity contribution in [3.05, 3.63) is 0 Å². The smallest absolute Gasteiger partial charge is 0.0577 e. The van der Waals surface area contributed by atoms with Crippen molar-refractivity contribution in [1.82, 2.24) is 4.90 Å². The van der Waals surface area contributed by atoms with E-state index in [1.165, 1.54) is 0 Å². The molecule has 2 unspecified atom stereocenters. The van der Waals surface area contributed by atoms with Crippen molar-refractivity contribution < 1.29 is 5.11 Å². The highest BCUT2D eigenvalue weighted by molar-refractivity contribution is 4.63. The average molecular weight is 159 g/mol. The van der Waals surface area contributed by atoms with Gasteiger partial charge in [-0.25, -0.2) is 0 Å². The number of hydrogen-bond donors (Lipinski definition) is 1. The Kier molecular flexibility index (Phi) is 5.51. The quantitative estimate of drug-likeness (QED) is 0.654. The predicted octanol–water partition coefficient (Wildman–Crippen LogP) is 1.35. The Balaban J connectivity index is 3.43. The van der Waals surface area contributed by atoms with Gasteiger partial charge in [0.2, 0.25) is 0 Å². The minimum absolute atomic E-state index is 0.123. The highest BCUT2D eigenvalue weighted by atomic mass is 16.3. The first kappa shape index (κ1) is 10.9. The van der Waals surface area contributed by atoms with E-state index in [0.29, 0.717) is 5.92 Å². The molecule has 0 aromatic carbocycles. The van der Waals surface area contributed by atoms with Gasteiger partial charge in [-0.05, 0) is 33.0 Å². The SMILES string of the molecule is CCC(C)C(O)CCN(C)C. The van der Waals surface area contributed by atoms with E-state index in [1.54, 1.807) is 0 Å². The van der Waals surface area contributed by atoms with Crippen LogP contribution in [-0.4, -0.2) is 36.8 Å². The molecule has 0 aromatic rings. The van der Waals surface area contributed by atoms with Crippen LogP contribution < -0.4 is 0 Å². The topological polar surface area (TPSA) is 23.5 Å². The van der Waals surface area contributed by atoms with E-state index in [2.05, 4.69) is 18.7 Å². The molecule has 0 spiro atoms. The molecule has 2 atom stereocenters. The molecule has 0 aliphatic heterocycles. The summed E-state index contributed by atoms with van der Waals surface area (Å²) in [5.41, 5.74) is 0. The standard InChI is InChI=1S/C9H21NO/c1-5-8(2)9(11)6-7-10(3)4/h8-9,11H,5-7H2,1-4H3. The number of hydrogen-bond acceptors (Lipinski definition) is 2. The summed E-state index contributed by atoms with van der Waals surface area (Å²) in [6, 6.07) is 0. The fourth-order valence-electron chi connectivity index (χ4n) is 0.947. The second kappa shape index (κ2) is 5.56. The van der Waals surface area contributed by atoms with E-state index >= 15 is 0 Å². The van der Waals surface area contributed by atoms with Crippen LogP contribution in [0.5, 0.6) is 0 Å². The van der Waals surface area contributed by atoms with Crippen LogP contribution >= 0.6 is 0 Å². The zero-order valence-corrected chi connectivity index (χ0v) is 8.17. The first-order valence-electron chi connectivity index (χ1n) is 4.40. The van der Waals surface area contributed by atoms with Gasteiger partial charge in [0.25, 0.3) is 0 Å². The van der Waals surface area contributed by atoms with E-state index < -0.39 is 0 Å². The Morgan fingerprint density at radius 3 is 2.27 bits per heavy atom. The van der Waals surface area contributed by atoms with Crippen molar-refractivity contribution in [2.24, 2.45) is 5.92 Å². The largest absolute Gasteiger partial charge is 0.393 e. The monoisotopic (exact) mass is 159 g/mol. The summed E-state index contributed by atoms with van der Waals surface area (Å²) in [6.07, 6.45) is 1.83. The van der Waals surface area contributed by atoms with Crippen molar-refractivity contribution in [3.8, 4) is 0 Å². The van der Waals surface area contributed by atoms with Gasteiger partial charge in [-0.1, -0.05) is 20.3 Å². The van der Waals surface area contributed by atoms with Gasteiger partial charge in [0.05, 0.1) is 6.10 Å². The van der Waals surface area contributed by atoms with Crippen molar-refractivity contribution in [3.63, 3.8) is 0 Å². The van der Waals surface area contributed by atoms with Gasteiger partial charge in [0.1, 0.15) is 0 Å². The second-order valence-corrected chi connectivity index (χ2v) is 3.54. The van der Waals surface area contributed by atoms with Crippen LogP contribution in [0.4, 0.5) is 0 Å². The lowest BCUT2D eigenvalue weighted by molar-refractivity contribution is 0.0971. The van der Waals surface area contributed by atoms with Gasteiger partial charge in [-0.2, -0.15) is 0 Å². The van der Waals surface area contributed by atoms with E-state index in [4.69, 9.17) is 0 Å². The lowest BCUT2D eigenvalue weighted by Crippen LogP contribution is -2.23. The van der Waals surface area contributed by atoms with Crippen molar-refractivity contribution in [2.45, 2.75) is 32.8 Å². The normalized spacial score (nSPS) is 16.9. The lowest BCUT2D eigenvalue weighted by atomic mass is 9.99. The van der Waals surface area contributed by atoms with Crippen LogP contribution in [0.2, 0.25) is 0 Å². The minimum atomic E-state index is -0.123. The summed E-state index contributed by atoms with van der Waals surface area (Å²) < 4.78 is 0. The Morgan fingerprint density at radius 1 is 1.36 bits per heavy atom. The van der Waals surface area contributed by atoms with Gasteiger partial charge in [0, 0.05) is 0 Å². The fraction of sp³-hybridized carbons (Fsp3) is 1.00. The molecule has 0 bridgehead atoms. The first-order valence-corrected chi connectivity index (χ1v) is 4.40. The van der Waals surface area contributed by atoms with Crippen LogP contribution in [-0.2, 0) is 0 Å². The van der Waals surface area contributed by atoms with Crippen molar-refractivity contribution >= 4 is 0 Å². The molecule has 0 aromatic heterocycles. The Morgan fingerprint density at radius 2 is 1.91 bits per heavy atom. The summed E-state index contributed by atoms with van der Waals surface area (Å²) in [4.78, 5) is 2.10. The predicted molar refractivity (Wildman–Crippen MR) is 48.6 cm³/mol. The molecule has 11 heavy (non-hydrogen) atoms. The van der Waals surface area contributed by atoms with Crippen molar-refractivity contribution in [1.29, 1.82) is 0 Å². The number of nitrogens with zero attached hydrogens (tertiary/aromatic N) is 1. The molecule has 0 aliphatic carbocycles. The minimum Gasteiger partial charge on any atom is -0.393 e. The zero-order chi connectivity index (χ0) is 8.85. The van der Waals surface area contributed by atoms with Crippen LogP contribution in [0, 0.1) is 5.92 Å². The van der Waals surface area contributed by atoms with Crippen LogP contribution in [0.3, 0.4) is 0 Å². The summed E-state index contributed by atoms with van der Waals surface area (Å²) in [7, 11) is 4.06. The summed E-state index contributed by atoms with van der Waals surface area (Å²) in [6.45, 7) is 5.19. The third kappa shape index (κ3) is 5.22. The summed E-state index contributed by atoms with van der Waals surface area (Å²) >= 11 is 0. The maximum Gasteiger partial charge on any atom is 0.0577 e. The van der Waals surface area contributed by atoms with E-state index in [0.717, 1.165) is 19.4 Å². The van der Waals surface area contributed by atoms with Gasteiger partial charge in [0.15, 0.2) is 0 Å². The molecule has 2 nitrogen and oxygen atoms in total. The van der Waals surface area contributed by atoms with Crippen LogP contribution in [0.1, 0.15) is 26.7 Å². The molecular weight excluding hydrogens is 138 g/mol. The maximum absolute atomic E-state index is 9.54. The fourth-order valence-corrected chi connectivity index (χ4v) is 0.947. The van der Waals surface area contributed by atoms with Gasteiger partial charge in [-0.15, -0.1) is 0 Å². The molecule has 0 heterocycles. The van der Waals surface area contributed by atoms with E-state index in [9.17, 15) is 5.11 Å². The molecule has 68 valence electrons. The van der Waals surface area contributed by atoms with Crippen molar-refractivity contribution in [2.75, 3.05) is 20.6 Å². The molecule has 0 radical (unpaired) electrons. The average Bonchev–Trinajstić information content (AvgIpc) is 1.98. The number of aliphatic hydroxyl groups is 1. The molecule has 2 heteroatoms. The Bertz CT molecular complexity index is 93.6. The summed E-state index contributed by atoms with van der Waals surface area (Å²) in [5, 5.41) is 9.54. The second-order valence-electron chi connectivity index (χ2n) is 3.54. The van der Waals surface area contributed by atoms with Crippen LogP contribution in [0.25, 0.3) is 0 Å². The molecule has 1 N–H and O–H groups in total. The Labute approximate surface area is 70.2 Å². The summed E-state index contributed by atoms with van der Waals surface area (Å²) in [5.74, 6) is 0.440. The Hall–Kier alpha value is -0.0800. The molecule has 0 fully saturated rings.